The number of benzene rings is 10. The fourth-order valence-electron chi connectivity index (χ4n) is 9.18. The van der Waals surface area contributed by atoms with Gasteiger partial charge >= 0.3 is 0 Å². The van der Waals surface area contributed by atoms with Crippen molar-refractivity contribution in [1.29, 1.82) is 0 Å². The van der Waals surface area contributed by atoms with Crippen LogP contribution >= 0.6 is 0 Å². The monoisotopic (exact) mass is 919 g/mol. The Bertz CT molecular complexity index is 3650. The van der Waals surface area contributed by atoms with E-state index in [0.717, 1.165) is 94.8 Å². The zero-order valence-electron chi connectivity index (χ0n) is 39.2. The maximum atomic E-state index is 5.26. The van der Waals surface area contributed by atoms with Crippen molar-refractivity contribution in [2.24, 2.45) is 0 Å². The van der Waals surface area contributed by atoms with Crippen molar-refractivity contribution in [3.8, 4) is 124 Å². The molecule has 0 saturated heterocycles. The lowest BCUT2D eigenvalue weighted by molar-refractivity contribution is 1.07. The third kappa shape index (κ3) is 9.38. The van der Waals surface area contributed by atoms with Crippen molar-refractivity contribution in [2.45, 2.75) is 0 Å². The minimum atomic E-state index is 0.588. The van der Waals surface area contributed by atoms with Gasteiger partial charge in [0.2, 0.25) is 0 Å². The van der Waals surface area contributed by atoms with E-state index in [9.17, 15) is 0 Å². The van der Waals surface area contributed by atoms with E-state index >= 15 is 0 Å². The van der Waals surface area contributed by atoms with Gasteiger partial charge in [-0.3, -0.25) is 0 Å². The Morgan fingerprint density at radius 1 is 0.139 bits per heavy atom. The van der Waals surface area contributed by atoms with Crippen LogP contribution in [-0.2, 0) is 0 Å². The Morgan fingerprint density at radius 3 is 0.889 bits per heavy atom. The first kappa shape index (κ1) is 43.6. The van der Waals surface area contributed by atoms with E-state index in [4.69, 9.17) is 24.9 Å². The van der Waals surface area contributed by atoms with Crippen molar-refractivity contribution in [2.75, 3.05) is 0 Å². The van der Waals surface area contributed by atoms with Gasteiger partial charge in [-0.15, -0.1) is 0 Å². The van der Waals surface area contributed by atoms with Crippen molar-refractivity contribution < 1.29 is 0 Å². The fourth-order valence-corrected chi connectivity index (χ4v) is 9.18. The van der Waals surface area contributed by atoms with Gasteiger partial charge in [0, 0.05) is 33.4 Å². The smallest absolute Gasteiger partial charge is 0.164 e. The highest BCUT2D eigenvalue weighted by molar-refractivity contribution is 5.82. The molecule has 0 aliphatic rings. The number of aromatic nitrogens is 5. The summed E-state index contributed by atoms with van der Waals surface area (Å²) in [4.78, 5) is 26.0. The molecule has 2 aromatic heterocycles. The second-order valence-electron chi connectivity index (χ2n) is 17.7. The predicted octanol–water partition coefficient (Wildman–Crippen LogP) is 17.0. The lowest BCUT2D eigenvalue weighted by atomic mass is 9.96. The van der Waals surface area contributed by atoms with Gasteiger partial charge in [0.25, 0.3) is 0 Å². The molecule has 0 aliphatic heterocycles. The lowest BCUT2D eigenvalue weighted by Gasteiger charge is -2.13. The fraction of sp³-hybridized carbons (Fsp3) is 0. The highest BCUT2D eigenvalue weighted by atomic mass is 15.0. The topological polar surface area (TPSA) is 64.5 Å². The van der Waals surface area contributed by atoms with Gasteiger partial charge in [-0.25, -0.2) is 24.9 Å². The quantitative estimate of drug-likeness (QED) is 0.129. The van der Waals surface area contributed by atoms with E-state index < -0.39 is 0 Å². The Morgan fingerprint density at radius 2 is 0.403 bits per heavy atom. The first-order valence-electron chi connectivity index (χ1n) is 24.1. The molecule has 0 fully saturated rings. The van der Waals surface area contributed by atoms with Gasteiger partial charge in [0.15, 0.2) is 23.3 Å². The highest BCUT2D eigenvalue weighted by Crippen LogP contribution is 2.36. The largest absolute Gasteiger partial charge is 0.228 e. The molecule has 5 nitrogen and oxygen atoms in total. The van der Waals surface area contributed by atoms with E-state index in [1.54, 1.807) is 0 Å². The zero-order chi connectivity index (χ0) is 48.1. The van der Waals surface area contributed by atoms with Crippen LogP contribution in [0.2, 0.25) is 0 Å². The molecule has 0 spiro atoms. The molecule has 0 amide bonds. The third-order valence-corrected chi connectivity index (χ3v) is 12.9. The maximum Gasteiger partial charge on any atom is 0.164 e. The van der Waals surface area contributed by atoms with Crippen LogP contribution in [0.5, 0.6) is 0 Å². The van der Waals surface area contributed by atoms with Gasteiger partial charge in [0.1, 0.15) is 0 Å². The summed E-state index contributed by atoms with van der Waals surface area (Å²) in [6, 6.07) is 94.8. The van der Waals surface area contributed by atoms with E-state index in [-0.39, 0.29) is 0 Å². The second kappa shape index (κ2) is 19.7. The molecule has 5 heteroatoms. The average Bonchev–Trinajstić information content (AvgIpc) is 3.48. The number of hydrogen-bond acceptors (Lipinski definition) is 5. The average molecular weight is 920 g/mol. The number of rotatable bonds is 11. The summed E-state index contributed by atoms with van der Waals surface area (Å²) in [6.07, 6.45) is 0. The Labute approximate surface area is 419 Å². The molecule has 0 aliphatic carbocycles. The van der Waals surface area contributed by atoms with Crippen molar-refractivity contribution in [3.63, 3.8) is 0 Å². The van der Waals surface area contributed by atoms with Crippen molar-refractivity contribution in [1.82, 2.24) is 24.9 Å². The van der Waals surface area contributed by atoms with Gasteiger partial charge < -0.3 is 0 Å². The van der Waals surface area contributed by atoms with E-state index in [1.807, 2.05) is 54.6 Å². The molecule has 0 N–H and O–H groups in total. The maximum absolute atomic E-state index is 5.26. The van der Waals surface area contributed by atoms with E-state index in [1.165, 1.54) is 5.56 Å². The predicted molar refractivity (Wildman–Crippen MR) is 295 cm³/mol. The van der Waals surface area contributed by atoms with Crippen LogP contribution in [0.25, 0.3) is 124 Å². The minimum Gasteiger partial charge on any atom is -0.228 e. The first-order valence-corrected chi connectivity index (χ1v) is 24.1. The molecule has 12 rings (SSSR count). The van der Waals surface area contributed by atoms with Gasteiger partial charge in [-0.2, -0.15) is 0 Å². The zero-order valence-corrected chi connectivity index (χ0v) is 39.2. The Hall–Kier alpha value is -9.71. The molecule has 0 bridgehead atoms. The van der Waals surface area contributed by atoms with Gasteiger partial charge in [0.05, 0.1) is 11.4 Å². The van der Waals surface area contributed by atoms with E-state index in [0.29, 0.717) is 23.3 Å². The summed E-state index contributed by atoms with van der Waals surface area (Å²) in [5, 5.41) is 0. The van der Waals surface area contributed by atoms with E-state index in [2.05, 4.69) is 218 Å². The summed E-state index contributed by atoms with van der Waals surface area (Å²) >= 11 is 0. The molecular formula is C67H45N5. The van der Waals surface area contributed by atoms with Crippen LogP contribution in [0.3, 0.4) is 0 Å². The lowest BCUT2D eigenvalue weighted by Crippen LogP contribution is -2.00. The minimum absolute atomic E-state index is 0.588. The molecule has 10 aromatic carbocycles. The summed E-state index contributed by atoms with van der Waals surface area (Å²) < 4.78 is 0. The molecule has 338 valence electrons. The summed E-state index contributed by atoms with van der Waals surface area (Å²) in [7, 11) is 0. The van der Waals surface area contributed by atoms with Crippen LogP contribution in [-0.4, -0.2) is 24.9 Å². The van der Waals surface area contributed by atoms with Gasteiger partial charge in [-0.05, 0) is 92.0 Å². The summed E-state index contributed by atoms with van der Waals surface area (Å²) in [5.41, 5.74) is 18.4. The molecule has 2 heterocycles. The van der Waals surface area contributed by atoms with Crippen molar-refractivity contribution >= 4 is 0 Å². The highest BCUT2D eigenvalue weighted by Gasteiger charge is 2.17. The van der Waals surface area contributed by atoms with Crippen LogP contribution in [0.4, 0.5) is 0 Å². The third-order valence-electron chi connectivity index (χ3n) is 12.9. The van der Waals surface area contributed by atoms with Crippen molar-refractivity contribution in [3.05, 3.63) is 273 Å². The number of hydrogen-bond donors (Lipinski definition) is 0. The Balaban J connectivity index is 0.937. The normalized spacial score (nSPS) is 11.1. The molecular weight excluding hydrogens is 875 g/mol. The van der Waals surface area contributed by atoms with Crippen LogP contribution in [0.1, 0.15) is 0 Å². The van der Waals surface area contributed by atoms with Crippen LogP contribution in [0.15, 0.2) is 273 Å². The second-order valence-corrected chi connectivity index (χ2v) is 17.7. The molecule has 0 unspecified atom stereocenters. The standard InChI is InChI=1S/C67H45N5/c1-6-18-46(19-7-1)50-32-36-52(37-33-50)62-45-63(69-64(68-62)54-38-34-51(35-39-54)47-20-8-2-9-21-47)57-30-16-28-55(40-57)56-29-17-31-58(41-56)66-70-65(53-26-14-5-15-27-53)71-67(72-66)61-43-59(48-22-10-3-11-23-48)42-60(44-61)49-24-12-4-13-25-49/h1-45H. The SMILES string of the molecule is c1ccc(-c2ccc(-c3cc(-c4cccc(-c5cccc(-c6nc(-c7ccccc7)nc(-c7cc(-c8ccccc8)cc(-c8ccccc8)c7)n6)c5)c4)nc(-c4ccc(-c5ccccc5)cc4)n3)cc2)cc1. The van der Waals surface area contributed by atoms with Gasteiger partial charge in [-0.1, -0.05) is 237 Å². The van der Waals surface area contributed by atoms with Crippen LogP contribution < -0.4 is 0 Å². The first-order chi connectivity index (χ1) is 35.6. The molecule has 12 aromatic rings. The Kier molecular flexibility index (Phi) is 11.9. The number of nitrogens with zero attached hydrogens (tertiary/aromatic N) is 5. The van der Waals surface area contributed by atoms with Crippen LogP contribution in [0, 0.1) is 0 Å². The summed E-state index contributed by atoms with van der Waals surface area (Å²) in [5.74, 6) is 2.45. The molecule has 0 atom stereocenters. The molecule has 0 saturated carbocycles. The summed E-state index contributed by atoms with van der Waals surface area (Å²) in [6.45, 7) is 0. The molecule has 72 heavy (non-hydrogen) atoms. The molecule has 0 radical (unpaired) electrons.